The van der Waals surface area contributed by atoms with E-state index in [1.54, 1.807) is 7.05 Å². The van der Waals surface area contributed by atoms with E-state index in [-0.39, 0.29) is 23.8 Å². The number of imide groups is 1. The normalized spacial score (nSPS) is 19.5. The molecule has 0 aliphatic carbocycles. The first-order chi connectivity index (χ1) is 8.47. The van der Waals surface area contributed by atoms with Crippen LogP contribution in [-0.4, -0.2) is 32.6 Å². The average molecular weight is 253 g/mol. The number of aryl methyl sites for hydroxylation is 1. The summed E-state index contributed by atoms with van der Waals surface area (Å²) in [6, 6.07) is -0.684. The zero-order valence-corrected chi connectivity index (χ0v) is 9.54. The monoisotopic (exact) mass is 253 g/mol. The van der Waals surface area contributed by atoms with E-state index in [0.717, 1.165) is 0 Å². The van der Waals surface area contributed by atoms with Crippen LogP contribution in [0.15, 0.2) is 6.20 Å². The molecule has 2 amide bonds. The number of carbonyl (C=O) groups is 2. The van der Waals surface area contributed by atoms with Gasteiger partial charge < -0.3 is 5.32 Å². The molecule has 1 aliphatic heterocycles. The quantitative estimate of drug-likeness (QED) is 0.427. The molecule has 1 atom stereocenters. The number of nitro groups is 1. The zero-order chi connectivity index (χ0) is 13.3. The third kappa shape index (κ3) is 2.29. The Labute approximate surface area is 101 Å². The molecule has 0 spiro atoms. The van der Waals surface area contributed by atoms with Crippen molar-refractivity contribution in [2.75, 3.05) is 5.32 Å². The number of nitrogens with zero attached hydrogens (tertiary/aromatic N) is 3. The van der Waals surface area contributed by atoms with Gasteiger partial charge in [0.2, 0.25) is 17.6 Å². The molecule has 1 aromatic rings. The van der Waals surface area contributed by atoms with Crippen LogP contribution in [0.5, 0.6) is 0 Å². The van der Waals surface area contributed by atoms with Crippen molar-refractivity contribution >= 4 is 23.3 Å². The molecule has 18 heavy (non-hydrogen) atoms. The van der Waals surface area contributed by atoms with Crippen LogP contribution in [-0.2, 0) is 16.6 Å². The van der Waals surface area contributed by atoms with Crippen LogP contribution in [0.1, 0.15) is 12.8 Å². The number of carbonyl (C=O) groups excluding carboxylic acids is 2. The molecule has 9 heteroatoms. The molecule has 1 aromatic heterocycles. The number of rotatable bonds is 3. The Morgan fingerprint density at radius 2 is 2.33 bits per heavy atom. The number of hydrogen-bond acceptors (Lipinski definition) is 6. The maximum absolute atomic E-state index is 11.5. The van der Waals surface area contributed by atoms with E-state index < -0.39 is 16.9 Å². The number of aromatic nitrogens is 2. The van der Waals surface area contributed by atoms with E-state index in [2.05, 4.69) is 15.7 Å². The summed E-state index contributed by atoms with van der Waals surface area (Å²) in [7, 11) is 1.54. The van der Waals surface area contributed by atoms with Gasteiger partial charge in [-0.3, -0.25) is 29.7 Å². The van der Waals surface area contributed by atoms with Gasteiger partial charge >= 0.3 is 5.69 Å². The van der Waals surface area contributed by atoms with Crippen molar-refractivity contribution in [3.8, 4) is 0 Å². The van der Waals surface area contributed by atoms with Crippen molar-refractivity contribution in [3.05, 3.63) is 16.3 Å². The highest BCUT2D eigenvalue weighted by Crippen LogP contribution is 2.23. The molecule has 2 heterocycles. The molecular formula is C9H11N5O4. The van der Waals surface area contributed by atoms with Gasteiger partial charge in [0, 0.05) is 13.5 Å². The smallest absolute Gasteiger partial charge is 0.330 e. The first-order valence-electron chi connectivity index (χ1n) is 5.25. The lowest BCUT2D eigenvalue weighted by Gasteiger charge is -2.21. The summed E-state index contributed by atoms with van der Waals surface area (Å²) in [5.74, 6) is -0.809. The van der Waals surface area contributed by atoms with Crippen molar-refractivity contribution in [2.45, 2.75) is 18.9 Å². The third-order valence-corrected chi connectivity index (χ3v) is 2.56. The molecule has 1 unspecified atom stereocenters. The fourth-order valence-corrected chi connectivity index (χ4v) is 1.71. The summed E-state index contributed by atoms with van der Waals surface area (Å²) in [6.45, 7) is 0. The fraction of sp³-hybridized carbons (Fsp3) is 0.444. The number of amides is 2. The molecule has 0 bridgehead atoms. The molecule has 9 nitrogen and oxygen atoms in total. The third-order valence-electron chi connectivity index (χ3n) is 2.56. The van der Waals surface area contributed by atoms with Crippen LogP contribution >= 0.6 is 0 Å². The molecular weight excluding hydrogens is 242 g/mol. The van der Waals surface area contributed by atoms with Crippen LogP contribution in [0.3, 0.4) is 0 Å². The lowest BCUT2D eigenvalue weighted by atomic mass is 10.1. The second kappa shape index (κ2) is 4.43. The molecule has 96 valence electrons. The summed E-state index contributed by atoms with van der Waals surface area (Å²) < 4.78 is 1.28. The van der Waals surface area contributed by atoms with E-state index in [1.807, 2.05) is 0 Å². The minimum absolute atomic E-state index is 0.0250. The van der Waals surface area contributed by atoms with Crippen molar-refractivity contribution in [2.24, 2.45) is 7.05 Å². The lowest BCUT2D eigenvalue weighted by Crippen LogP contribution is -2.47. The van der Waals surface area contributed by atoms with Crippen LogP contribution in [0.4, 0.5) is 11.5 Å². The second-order valence-corrected chi connectivity index (χ2v) is 3.94. The van der Waals surface area contributed by atoms with Crippen LogP contribution in [0.2, 0.25) is 0 Å². The SMILES string of the molecule is Cn1cc([N+](=O)[O-])c(NC2CCC(=O)NC2=O)n1. The Hall–Kier alpha value is -2.45. The van der Waals surface area contributed by atoms with Crippen molar-refractivity contribution in [1.82, 2.24) is 15.1 Å². The standard InChI is InChI=1S/C9H11N5O4/c1-13-4-6(14(17)18)8(12-13)10-5-2-3-7(15)11-9(5)16/h4-5H,2-3H2,1H3,(H,10,12)(H,11,15,16). The topological polar surface area (TPSA) is 119 Å². The Bertz CT molecular complexity index is 523. The van der Waals surface area contributed by atoms with Gasteiger partial charge in [-0.05, 0) is 6.42 Å². The molecule has 1 fully saturated rings. The van der Waals surface area contributed by atoms with E-state index >= 15 is 0 Å². The number of hydrogen-bond donors (Lipinski definition) is 2. The van der Waals surface area contributed by atoms with Gasteiger partial charge in [0.1, 0.15) is 12.2 Å². The van der Waals surface area contributed by atoms with E-state index in [0.29, 0.717) is 6.42 Å². The number of nitrogens with one attached hydrogen (secondary N) is 2. The highest BCUT2D eigenvalue weighted by molar-refractivity contribution is 6.01. The summed E-state index contributed by atoms with van der Waals surface area (Å²) in [5, 5.41) is 19.5. The van der Waals surface area contributed by atoms with Crippen molar-refractivity contribution in [1.29, 1.82) is 0 Å². The Morgan fingerprint density at radius 1 is 1.61 bits per heavy atom. The van der Waals surface area contributed by atoms with Gasteiger partial charge in [0.15, 0.2) is 0 Å². The molecule has 0 saturated carbocycles. The average Bonchev–Trinajstić information content (AvgIpc) is 2.64. The largest absolute Gasteiger partial charge is 0.351 e. The first-order valence-corrected chi connectivity index (χ1v) is 5.25. The van der Waals surface area contributed by atoms with Crippen LogP contribution in [0.25, 0.3) is 0 Å². The van der Waals surface area contributed by atoms with Crippen LogP contribution in [0, 0.1) is 10.1 Å². The minimum atomic E-state index is -0.684. The Kier molecular flexibility index (Phi) is 2.96. The van der Waals surface area contributed by atoms with Gasteiger partial charge in [0.25, 0.3) is 0 Å². The number of anilines is 1. The van der Waals surface area contributed by atoms with Gasteiger partial charge in [-0.15, -0.1) is 5.10 Å². The van der Waals surface area contributed by atoms with Crippen LogP contribution < -0.4 is 10.6 Å². The maximum atomic E-state index is 11.5. The zero-order valence-electron chi connectivity index (χ0n) is 9.54. The van der Waals surface area contributed by atoms with Gasteiger partial charge in [-0.2, -0.15) is 0 Å². The van der Waals surface area contributed by atoms with E-state index in [9.17, 15) is 19.7 Å². The van der Waals surface area contributed by atoms with Crippen molar-refractivity contribution < 1.29 is 14.5 Å². The lowest BCUT2D eigenvalue weighted by molar-refractivity contribution is -0.384. The van der Waals surface area contributed by atoms with Gasteiger partial charge in [-0.25, -0.2) is 0 Å². The molecule has 2 rings (SSSR count). The Balaban J connectivity index is 2.16. The highest BCUT2D eigenvalue weighted by atomic mass is 16.6. The van der Waals surface area contributed by atoms with Gasteiger partial charge in [0.05, 0.1) is 4.92 Å². The molecule has 0 radical (unpaired) electrons. The van der Waals surface area contributed by atoms with Crippen molar-refractivity contribution in [3.63, 3.8) is 0 Å². The predicted molar refractivity (Wildman–Crippen MR) is 59.7 cm³/mol. The summed E-state index contributed by atoms with van der Waals surface area (Å²) in [6.07, 6.45) is 1.73. The molecule has 1 aliphatic rings. The predicted octanol–water partition coefficient (Wildman–Crippen LogP) is -0.455. The highest BCUT2D eigenvalue weighted by Gasteiger charge is 2.29. The van der Waals surface area contributed by atoms with Gasteiger partial charge in [-0.1, -0.05) is 0 Å². The second-order valence-electron chi connectivity index (χ2n) is 3.94. The van der Waals surface area contributed by atoms with E-state index in [1.165, 1.54) is 10.9 Å². The summed E-state index contributed by atoms with van der Waals surface area (Å²) in [4.78, 5) is 32.6. The minimum Gasteiger partial charge on any atom is -0.351 e. The fourth-order valence-electron chi connectivity index (χ4n) is 1.71. The maximum Gasteiger partial charge on any atom is 0.330 e. The summed E-state index contributed by atoms with van der Waals surface area (Å²) in [5.41, 5.74) is -0.206. The summed E-state index contributed by atoms with van der Waals surface area (Å²) >= 11 is 0. The molecule has 0 aromatic carbocycles. The first kappa shape index (κ1) is 12.0. The Morgan fingerprint density at radius 3 is 2.94 bits per heavy atom. The van der Waals surface area contributed by atoms with E-state index in [4.69, 9.17) is 0 Å². The number of piperidine rings is 1. The molecule has 2 N–H and O–H groups in total. The molecule has 1 saturated heterocycles.